The number of carbonyl (C=O) groups is 3. The number of nitrogens with one attached hydrogen (secondary N) is 2. The third kappa shape index (κ3) is 4.50. The van der Waals surface area contributed by atoms with Gasteiger partial charge in [-0.15, -0.1) is 0 Å². The molecule has 0 spiro atoms. The van der Waals surface area contributed by atoms with E-state index in [0.29, 0.717) is 22.5 Å². The van der Waals surface area contributed by atoms with E-state index >= 15 is 0 Å². The van der Waals surface area contributed by atoms with Crippen molar-refractivity contribution in [1.29, 1.82) is 0 Å². The van der Waals surface area contributed by atoms with Crippen LogP contribution in [0.25, 0.3) is 0 Å². The van der Waals surface area contributed by atoms with Crippen molar-refractivity contribution >= 4 is 23.5 Å². The Hall–Kier alpha value is -3.09. The Balaban J connectivity index is 2.01. The van der Waals surface area contributed by atoms with Crippen LogP contribution >= 0.6 is 0 Å². The first-order valence-electron chi connectivity index (χ1n) is 8.23. The Morgan fingerprint density at radius 2 is 1.81 bits per heavy atom. The minimum Gasteiger partial charge on any atom is -0.462 e. The number of anilines is 1. The van der Waals surface area contributed by atoms with Crippen molar-refractivity contribution in [1.82, 2.24) is 4.98 Å². The fraction of sp³-hybridized carbons (Fsp3) is 0.316. The van der Waals surface area contributed by atoms with E-state index in [9.17, 15) is 14.4 Å². The summed E-state index contributed by atoms with van der Waals surface area (Å²) in [5.41, 5.74) is 3.02. The molecule has 7 heteroatoms. The first kappa shape index (κ1) is 19.2. The van der Waals surface area contributed by atoms with Crippen molar-refractivity contribution < 1.29 is 23.9 Å². The third-order valence-electron chi connectivity index (χ3n) is 3.76. The van der Waals surface area contributed by atoms with Crippen molar-refractivity contribution in [3.8, 4) is 0 Å². The van der Waals surface area contributed by atoms with Crippen LogP contribution in [0, 0.1) is 20.8 Å². The predicted molar refractivity (Wildman–Crippen MR) is 96.3 cm³/mol. The summed E-state index contributed by atoms with van der Waals surface area (Å²) >= 11 is 0. The number of aromatic amines is 1. The number of rotatable bonds is 6. The maximum Gasteiger partial charge on any atom is 0.355 e. The lowest BCUT2D eigenvalue weighted by molar-refractivity contribution is -0.119. The summed E-state index contributed by atoms with van der Waals surface area (Å²) in [6, 6.07) is 7.28. The second-order valence-corrected chi connectivity index (χ2v) is 5.84. The van der Waals surface area contributed by atoms with E-state index in [0.717, 1.165) is 5.56 Å². The van der Waals surface area contributed by atoms with E-state index < -0.39 is 24.5 Å². The van der Waals surface area contributed by atoms with Crippen molar-refractivity contribution in [3.05, 3.63) is 52.3 Å². The largest absolute Gasteiger partial charge is 0.462 e. The van der Waals surface area contributed by atoms with E-state index in [2.05, 4.69) is 10.3 Å². The molecule has 26 heavy (non-hydrogen) atoms. The number of amides is 1. The van der Waals surface area contributed by atoms with Gasteiger partial charge in [0.25, 0.3) is 5.91 Å². The maximum atomic E-state index is 12.2. The van der Waals surface area contributed by atoms with Crippen LogP contribution in [0.3, 0.4) is 0 Å². The molecule has 1 aromatic heterocycles. The topological polar surface area (TPSA) is 97.5 Å². The summed E-state index contributed by atoms with van der Waals surface area (Å²) in [7, 11) is 0. The maximum absolute atomic E-state index is 12.2. The Kier molecular flexibility index (Phi) is 6.16. The van der Waals surface area contributed by atoms with Gasteiger partial charge in [-0.3, -0.25) is 4.79 Å². The number of ether oxygens (including phenoxy) is 2. The quantitative estimate of drug-likeness (QED) is 0.774. The highest BCUT2D eigenvalue weighted by molar-refractivity contribution is 5.99. The highest BCUT2D eigenvalue weighted by Gasteiger charge is 2.24. The molecule has 0 unspecified atom stereocenters. The second kappa shape index (κ2) is 8.33. The van der Waals surface area contributed by atoms with Crippen molar-refractivity contribution in [2.75, 3.05) is 18.5 Å². The van der Waals surface area contributed by atoms with Crippen LogP contribution in [-0.4, -0.2) is 36.0 Å². The molecule has 0 aliphatic carbocycles. The molecule has 0 saturated heterocycles. The fourth-order valence-electron chi connectivity index (χ4n) is 2.59. The molecule has 0 aliphatic heterocycles. The van der Waals surface area contributed by atoms with Gasteiger partial charge in [0, 0.05) is 11.4 Å². The molecule has 0 radical (unpaired) electrons. The molecule has 0 atom stereocenters. The van der Waals surface area contributed by atoms with Crippen molar-refractivity contribution in [2.24, 2.45) is 0 Å². The van der Waals surface area contributed by atoms with E-state index in [1.165, 1.54) is 0 Å². The van der Waals surface area contributed by atoms with E-state index in [4.69, 9.17) is 9.47 Å². The fourth-order valence-corrected chi connectivity index (χ4v) is 2.59. The Morgan fingerprint density at radius 3 is 2.46 bits per heavy atom. The van der Waals surface area contributed by atoms with Crippen molar-refractivity contribution in [3.63, 3.8) is 0 Å². The lowest BCUT2D eigenvalue weighted by atomic mass is 10.1. The number of hydrogen-bond acceptors (Lipinski definition) is 5. The molecule has 138 valence electrons. The number of aromatic nitrogens is 1. The predicted octanol–water partition coefficient (Wildman–Crippen LogP) is 2.91. The monoisotopic (exact) mass is 358 g/mol. The molecular weight excluding hydrogens is 336 g/mol. The lowest BCUT2D eigenvalue weighted by Gasteiger charge is -2.07. The highest BCUT2D eigenvalue weighted by atomic mass is 16.5. The minimum atomic E-state index is -0.708. The van der Waals surface area contributed by atoms with Crippen LogP contribution in [0.5, 0.6) is 0 Å². The van der Waals surface area contributed by atoms with Gasteiger partial charge >= 0.3 is 11.9 Å². The molecule has 1 heterocycles. The summed E-state index contributed by atoms with van der Waals surface area (Å²) in [6.45, 7) is 6.71. The summed E-state index contributed by atoms with van der Waals surface area (Å²) in [5.74, 6) is -1.66. The molecule has 0 fully saturated rings. The number of esters is 2. The average molecular weight is 358 g/mol. The first-order chi connectivity index (χ1) is 12.3. The molecule has 1 aromatic carbocycles. The minimum absolute atomic E-state index is 0.133. The molecule has 2 rings (SSSR count). The molecule has 1 amide bonds. The van der Waals surface area contributed by atoms with Gasteiger partial charge in [0.05, 0.1) is 12.2 Å². The lowest BCUT2D eigenvalue weighted by Crippen LogP contribution is -2.21. The Labute approximate surface area is 151 Å². The van der Waals surface area contributed by atoms with Gasteiger partial charge in [-0.1, -0.05) is 12.1 Å². The van der Waals surface area contributed by atoms with Gasteiger partial charge < -0.3 is 19.8 Å². The molecule has 0 bridgehead atoms. The zero-order valence-corrected chi connectivity index (χ0v) is 15.3. The summed E-state index contributed by atoms with van der Waals surface area (Å²) < 4.78 is 10.0. The molecule has 2 aromatic rings. The van der Waals surface area contributed by atoms with Crippen LogP contribution in [-0.2, 0) is 14.3 Å². The van der Waals surface area contributed by atoms with Gasteiger partial charge in [0.1, 0.15) is 5.69 Å². The standard InChI is InChI=1S/C19H22N2O5/c1-5-25-18(23)16-12(3)17(20-13(16)4)19(24)26-10-15(22)21-14-8-6-7-11(2)9-14/h6-9,20H,5,10H2,1-4H3,(H,21,22). The normalized spacial score (nSPS) is 10.3. The number of hydrogen-bond donors (Lipinski definition) is 2. The summed E-state index contributed by atoms with van der Waals surface area (Å²) in [5, 5.41) is 2.66. The first-order valence-corrected chi connectivity index (χ1v) is 8.23. The summed E-state index contributed by atoms with van der Waals surface area (Å²) in [6.07, 6.45) is 0. The van der Waals surface area contributed by atoms with Crippen LogP contribution in [0.4, 0.5) is 5.69 Å². The van der Waals surface area contributed by atoms with Gasteiger partial charge in [-0.05, 0) is 51.0 Å². The smallest absolute Gasteiger partial charge is 0.355 e. The van der Waals surface area contributed by atoms with Gasteiger partial charge in [-0.25, -0.2) is 9.59 Å². The molecule has 0 aliphatic rings. The average Bonchev–Trinajstić information content (AvgIpc) is 2.87. The van der Waals surface area contributed by atoms with Crippen LogP contribution in [0.15, 0.2) is 24.3 Å². The van der Waals surface area contributed by atoms with E-state index in [1.54, 1.807) is 26.8 Å². The Bertz CT molecular complexity index is 838. The number of benzene rings is 1. The number of H-pyrrole nitrogens is 1. The van der Waals surface area contributed by atoms with E-state index in [1.807, 2.05) is 25.1 Å². The zero-order chi connectivity index (χ0) is 19.3. The van der Waals surface area contributed by atoms with Crippen LogP contribution < -0.4 is 5.32 Å². The molecule has 7 nitrogen and oxygen atoms in total. The van der Waals surface area contributed by atoms with Gasteiger partial charge in [0.15, 0.2) is 6.61 Å². The second-order valence-electron chi connectivity index (χ2n) is 5.84. The number of carbonyl (C=O) groups excluding carboxylic acids is 3. The van der Waals surface area contributed by atoms with Crippen molar-refractivity contribution in [2.45, 2.75) is 27.7 Å². The van der Waals surface area contributed by atoms with Gasteiger partial charge in [-0.2, -0.15) is 0 Å². The Morgan fingerprint density at radius 1 is 1.08 bits per heavy atom. The highest BCUT2D eigenvalue weighted by Crippen LogP contribution is 2.20. The van der Waals surface area contributed by atoms with E-state index in [-0.39, 0.29) is 12.3 Å². The van der Waals surface area contributed by atoms with Crippen LogP contribution in [0.1, 0.15) is 44.6 Å². The zero-order valence-electron chi connectivity index (χ0n) is 15.3. The molecular formula is C19H22N2O5. The van der Waals surface area contributed by atoms with Crippen LogP contribution in [0.2, 0.25) is 0 Å². The third-order valence-corrected chi connectivity index (χ3v) is 3.76. The molecule has 0 saturated carbocycles. The number of aryl methyl sites for hydroxylation is 2. The molecule has 2 N–H and O–H groups in total. The SMILES string of the molecule is CCOC(=O)c1c(C)[nH]c(C(=O)OCC(=O)Nc2cccc(C)c2)c1C. The van der Waals surface area contributed by atoms with Gasteiger partial charge in [0.2, 0.25) is 0 Å². The summed E-state index contributed by atoms with van der Waals surface area (Å²) in [4.78, 5) is 39.0.